The Balaban J connectivity index is 2.11. The van der Waals surface area contributed by atoms with Crippen LogP contribution in [0.2, 0.25) is 0 Å². The second-order valence-electron chi connectivity index (χ2n) is 5.51. The van der Waals surface area contributed by atoms with Crippen LogP contribution in [0.1, 0.15) is 34.6 Å². The fourth-order valence-electron chi connectivity index (χ4n) is 2.36. The normalized spacial score (nSPS) is 11.5. The molecule has 0 spiro atoms. The smallest absolute Gasteiger partial charge is 0.339 e. The molecule has 0 bridgehead atoms. The third-order valence-corrected chi connectivity index (χ3v) is 4.50. The number of nitro groups is 1. The van der Waals surface area contributed by atoms with Gasteiger partial charge in [-0.15, -0.1) is 11.8 Å². The van der Waals surface area contributed by atoms with Gasteiger partial charge in [-0.05, 0) is 56.5 Å². The lowest BCUT2D eigenvalue weighted by molar-refractivity contribution is -0.387. The maximum absolute atomic E-state index is 12.4. The van der Waals surface area contributed by atoms with Gasteiger partial charge in [0.1, 0.15) is 5.75 Å². The molecule has 8 heteroatoms. The molecule has 2 aromatic carbocycles. The Morgan fingerprint density at radius 1 is 1.15 bits per heavy atom. The van der Waals surface area contributed by atoms with Crippen LogP contribution in [0, 0.1) is 10.1 Å². The van der Waals surface area contributed by atoms with Gasteiger partial charge in [0, 0.05) is 11.6 Å². The lowest BCUT2D eigenvalue weighted by Crippen LogP contribution is -2.24. The number of nitro benzene ring substituents is 1. The summed E-state index contributed by atoms with van der Waals surface area (Å²) in [5, 5.41) is 11.1. The van der Waals surface area contributed by atoms with Crippen LogP contribution >= 0.6 is 11.8 Å². The summed E-state index contributed by atoms with van der Waals surface area (Å²) in [6, 6.07) is 10.6. The minimum atomic E-state index is -1.03. The summed E-state index contributed by atoms with van der Waals surface area (Å²) >= 11 is 1.21. The minimum absolute atomic E-state index is 0.0193. The van der Waals surface area contributed by atoms with Crippen LogP contribution < -0.4 is 4.74 Å². The molecule has 2 aromatic rings. The molecule has 7 nitrogen and oxygen atoms in total. The molecule has 2 rings (SSSR count). The Morgan fingerprint density at radius 2 is 1.78 bits per heavy atom. The van der Waals surface area contributed by atoms with Crippen molar-refractivity contribution in [2.45, 2.75) is 24.8 Å². The Bertz CT molecular complexity index is 850. The number of hydrogen-bond donors (Lipinski definition) is 0. The first-order valence-electron chi connectivity index (χ1n) is 8.17. The number of nitrogens with zero attached hydrogens (tertiary/aromatic N) is 1. The predicted molar refractivity (Wildman–Crippen MR) is 102 cm³/mol. The summed E-state index contributed by atoms with van der Waals surface area (Å²) in [4.78, 5) is 35.7. The zero-order valence-electron chi connectivity index (χ0n) is 15.1. The first-order chi connectivity index (χ1) is 12.9. The van der Waals surface area contributed by atoms with Crippen LogP contribution in [0.15, 0.2) is 47.4 Å². The van der Waals surface area contributed by atoms with E-state index in [1.54, 1.807) is 30.5 Å². The lowest BCUT2D eigenvalue weighted by atomic mass is 10.1. The molecular weight excluding hydrogens is 370 g/mol. The molecular formula is C19H19NO6S. The molecule has 0 saturated carbocycles. The van der Waals surface area contributed by atoms with Gasteiger partial charge in [-0.25, -0.2) is 4.79 Å². The molecule has 0 aliphatic carbocycles. The van der Waals surface area contributed by atoms with Gasteiger partial charge in [0.05, 0.1) is 22.0 Å². The number of hydrogen-bond acceptors (Lipinski definition) is 7. The first-order valence-corrected chi connectivity index (χ1v) is 9.40. The van der Waals surface area contributed by atoms with Gasteiger partial charge in [-0.1, -0.05) is 0 Å². The molecule has 0 heterocycles. The number of carbonyl (C=O) groups is 2. The van der Waals surface area contributed by atoms with Crippen molar-refractivity contribution in [2.24, 2.45) is 0 Å². The molecule has 142 valence electrons. The summed E-state index contributed by atoms with van der Waals surface area (Å²) in [6.07, 6.45) is 0.674. The Labute approximate surface area is 160 Å². The Hall–Kier alpha value is -2.87. The van der Waals surface area contributed by atoms with Crippen LogP contribution in [0.5, 0.6) is 5.75 Å². The highest BCUT2D eigenvalue weighted by atomic mass is 32.2. The largest absolute Gasteiger partial charge is 0.494 e. The van der Waals surface area contributed by atoms with Crippen LogP contribution in [0.3, 0.4) is 0 Å². The van der Waals surface area contributed by atoms with Crippen LogP contribution in [-0.4, -0.2) is 35.6 Å². The molecule has 0 aromatic heterocycles. The fraction of sp³-hybridized carbons (Fsp3) is 0.263. The maximum atomic E-state index is 12.4. The predicted octanol–water partition coefficient (Wildman–Crippen LogP) is 4.14. The van der Waals surface area contributed by atoms with E-state index in [2.05, 4.69) is 0 Å². The van der Waals surface area contributed by atoms with Crippen molar-refractivity contribution >= 4 is 29.2 Å². The monoisotopic (exact) mass is 389 g/mol. The van der Waals surface area contributed by atoms with Gasteiger partial charge in [-0.3, -0.25) is 14.9 Å². The average molecular weight is 389 g/mol. The van der Waals surface area contributed by atoms with E-state index < -0.39 is 17.0 Å². The van der Waals surface area contributed by atoms with Gasteiger partial charge < -0.3 is 9.47 Å². The molecule has 0 radical (unpaired) electrons. The number of rotatable bonds is 8. The van der Waals surface area contributed by atoms with E-state index >= 15 is 0 Å². The summed E-state index contributed by atoms with van der Waals surface area (Å²) in [5.41, 5.74) is 0.218. The van der Waals surface area contributed by atoms with Gasteiger partial charge in [-0.2, -0.15) is 0 Å². The van der Waals surface area contributed by atoms with Gasteiger partial charge >= 0.3 is 5.97 Å². The standard InChI is InChI=1S/C19H19NO6S/c1-4-25-15-8-5-13(6-9-15)18(21)12(2)26-19(22)14-7-10-17(27-3)16(11-14)20(23)24/h5-12H,4H2,1-3H3/t12-/m1/s1. The van der Waals surface area contributed by atoms with E-state index in [-0.39, 0.29) is 17.0 Å². The molecule has 0 unspecified atom stereocenters. The van der Waals surface area contributed by atoms with Crippen molar-refractivity contribution < 1.29 is 24.0 Å². The fourth-order valence-corrected chi connectivity index (χ4v) is 2.91. The Morgan fingerprint density at radius 3 is 2.33 bits per heavy atom. The van der Waals surface area contributed by atoms with Crippen molar-refractivity contribution in [3.05, 3.63) is 63.7 Å². The van der Waals surface area contributed by atoms with Crippen molar-refractivity contribution in [2.75, 3.05) is 12.9 Å². The lowest BCUT2D eigenvalue weighted by Gasteiger charge is -2.13. The Kier molecular flexibility index (Phi) is 6.95. The van der Waals surface area contributed by atoms with Crippen LogP contribution in [-0.2, 0) is 4.74 Å². The molecule has 0 fully saturated rings. The first kappa shape index (κ1) is 20.4. The number of carbonyl (C=O) groups excluding carboxylic acids is 2. The zero-order chi connectivity index (χ0) is 20.0. The third-order valence-electron chi connectivity index (χ3n) is 3.71. The quantitative estimate of drug-likeness (QED) is 0.220. The van der Waals surface area contributed by atoms with Crippen molar-refractivity contribution in [3.8, 4) is 5.75 Å². The van der Waals surface area contributed by atoms with E-state index in [9.17, 15) is 19.7 Å². The molecule has 1 atom stereocenters. The van der Waals surface area contributed by atoms with E-state index in [4.69, 9.17) is 9.47 Å². The molecule has 0 N–H and O–H groups in total. The number of ketones is 1. The summed E-state index contributed by atoms with van der Waals surface area (Å²) in [6.45, 7) is 3.83. The van der Waals surface area contributed by atoms with Crippen molar-refractivity contribution in [1.29, 1.82) is 0 Å². The molecule has 0 aliphatic heterocycles. The molecule has 0 aliphatic rings. The number of benzene rings is 2. The summed E-state index contributed by atoms with van der Waals surface area (Å²) < 4.78 is 10.5. The van der Waals surface area contributed by atoms with Gasteiger partial charge in [0.15, 0.2) is 6.10 Å². The second-order valence-corrected chi connectivity index (χ2v) is 6.36. The van der Waals surface area contributed by atoms with E-state index in [1.165, 1.54) is 30.8 Å². The van der Waals surface area contributed by atoms with Gasteiger partial charge in [0.2, 0.25) is 5.78 Å². The van der Waals surface area contributed by atoms with E-state index in [1.807, 2.05) is 6.92 Å². The highest BCUT2D eigenvalue weighted by Gasteiger charge is 2.23. The number of ether oxygens (including phenoxy) is 2. The minimum Gasteiger partial charge on any atom is -0.494 e. The number of esters is 1. The van der Waals surface area contributed by atoms with Gasteiger partial charge in [0.25, 0.3) is 5.69 Å². The van der Waals surface area contributed by atoms with Crippen LogP contribution in [0.4, 0.5) is 5.69 Å². The van der Waals surface area contributed by atoms with Crippen LogP contribution in [0.25, 0.3) is 0 Å². The van der Waals surface area contributed by atoms with E-state index in [0.29, 0.717) is 22.8 Å². The highest BCUT2D eigenvalue weighted by Crippen LogP contribution is 2.28. The van der Waals surface area contributed by atoms with E-state index in [0.717, 1.165) is 6.07 Å². The van der Waals surface area contributed by atoms with Crippen molar-refractivity contribution in [3.63, 3.8) is 0 Å². The molecule has 0 saturated heterocycles. The third kappa shape index (κ3) is 5.07. The topological polar surface area (TPSA) is 95.7 Å². The number of thioether (sulfide) groups is 1. The second kappa shape index (κ2) is 9.18. The highest BCUT2D eigenvalue weighted by molar-refractivity contribution is 7.98. The zero-order valence-corrected chi connectivity index (χ0v) is 15.9. The molecule has 27 heavy (non-hydrogen) atoms. The molecule has 0 amide bonds. The SMILES string of the molecule is CCOc1ccc(C(=O)[C@@H](C)OC(=O)c2ccc(SC)c([N+](=O)[O-])c2)cc1. The number of Topliss-reactive ketones (excluding diaryl/α,β-unsaturated/α-hetero) is 1. The van der Waals surface area contributed by atoms with Crippen molar-refractivity contribution in [1.82, 2.24) is 0 Å². The average Bonchev–Trinajstić information content (AvgIpc) is 2.67. The summed E-state index contributed by atoms with van der Waals surface area (Å²) in [7, 11) is 0. The summed E-state index contributed by atoms with van der Waals surface area (Å²) in [5.74, 6) is -0.529. The maximum Gasteiger partial charge on any atom is 0.339 e.